The van der Waals surface area contributed by atoms with Gasteiger partial charge in [-0.25, -0.2) is 4.79 Å². The fourth-order valence-corrected chi connectivity index (χ4v) is 1.93. The van der Waals surface area contributed by atoms with Gasteiger partial charge in [-0.2, -0.15) is 0 Å². The predicted octanol–water partition coefficient (Wildman–Crippen LogP) is 1.34. The van der Waals surface area contributed by atoms with Gasteiger partial charge in [0.15, 0.2) is 17.6 Å². The molecule has 0 spiro atoms. The van der Waals surface area contributed by atoms with E-state index >= 15 is 0 Å². The van der Waals surface area contributed by atoms with Crippen LogP contribution in [0.15, 0.2) is 11.3 Å². The molecule has 2 rings (SSSR count). The number of rotatable bonds is 1. The van der Waals surface area contributed by atoms with Crippen LogP contribution < -0.4 is 0 Å². The third-order valence-corrected chi connectivity index (χ3v) is 2.82. The SMILES string of the molecule is CC[C@H]1CCC(=O)C2=C(O1)[C@@H](C)OC2=O. The van der Waals surface area contributed by atoms with Gasteiger partial charge < -0.3 is 9.47 Å². The first-order chi connectivity index (χ1) is 7.13. The largest absolute Gasteiger partial charge is 0.490 e. The maximum Gasteiger partial charge on any atom is 0.346 e. The molecule has 0 aromatic rings. The summed E-state index contributed by atoms with van der Waals surface area (Å²) in [7, 11) is 0. The highest BCUT2D eigenvalue weighted by Crippen LogP contribution is 2.31. The molecule has 4 nitrogen and oxygen atoms in total. The first-order valence-corrected chi connectivity index (χ1v) is 5.28. The van der Waals surface area contributed by atoms with E-state index < -0.39 is 12.1 Å². The Balaban J connectivity index is 2.34. The van der Waals surface area contributed by atoms with E-state index in [9.17, 15) is 9.59 Å². The number of hydrogen-bond acceptors (Lipinski definition) is 4. The van der Waals surface area contributed by atoms with E-state index in [2.05, 4.69) is 0 Å². The second-order valence-electron chi connectivity index (χ2n) is 3.90. The van der Waals surface area contributed by atoms with Gasteiger partial charge in [-0.15, -0.1) is 0 Å². The van der Waals surface area contributed by atoms with Crippen molar-refractivity contribution in [3.8, 4) is 0 Å². The van der Waals surface area contributed by atoms with Crippen LogP contribution in [-0.4, -0.2) is 24.0 Å². The monoisotopic (exact) mass is 210 g/mol. The minimum atomic E-state index is -0.528. The van der Waals surface area contributed by atoms with Crippen LogP contribution in [0.3, 0.4) is 0 Å². The Morgan fingerprint density at radius 2 is 2.07 bits per heavy atom. The second kappa shape index (κ2) is 3.68. The summed E-state index contributed by atoms with van der Waals surface area (Å²) >= 11 is 0. The van der Waals surface area contributed by atoms with Gasteiger partial charge in [-0.1, -0.05) is 6.92 Å². The molecule has 82 valence electrons. The predicted molar refractivity (Wildman–Crippen MR) is 52.0 cm³/mol. The first kappa shape index (κ1) is 10.2. The summed E-state index contributed by atoms with van der Waals surface area (Å²) < 4.78 is 10.6. The van der Waals surface area contributed by atoms with Gasteiger partial charge in [0, 0.05) is 6.42 Å². The van der Waals surface area contributed by atoms with Gasteiger partial charge in [0.05, 0.1) is 6.10 Å². The minimum absolute atomic E-state index is 0.0263. The second-order valence-corrected chi connectivity index (χ2v) is 3.90. The molecule has 15 heavy (non-hydrogen) atoms. The molecule has 0 N–H and O–H groups in total. The van der Waals surface area contributed by atoms with E-state index in [1.54, 1.807) is 6.92 Å². The highest BCUT2D eigenvalue weighted by molar-refractivity contribution is 6.19. The van der Waals surface area contributed by atoms with Crippen LogP contribution in [-0.2, 0) is 19.1 Å². The van der Waals surface area contributed by atoms with Crippen LogP contribution in [0.1, 0.15) is 33.1 Å². The summed E-state index contributed by atoms with van der Waals surface area (Å²) in [6.07, 6.45) is 1.51. The number of ketones is 1. The van der Waals surface area contributed by atoms with Gasteiger partial charge >= 0.3 is 5.97 Å². The van der Waals surface area contributed by atoms with Crippen LogP contribution in [0, 0.1) is 0 Å². The average Bonchev–Trinajstić information content (AvgIpc) is 2.38. The van der Waals surface area contributed by atoms with E-state index in [0.717, 1.165) is 6.42 Å². The lowest BCUT2D eigenvalue weighted by molar-refractivity contribution is -0.141. The standard InChI is InChI=1S/C11H14O4/c1-3-7-4-5-8(12)9-10(15-7)6(2)14-11(9)13/h6-7H,3-5H2,1-2H3/t6-,7+/m1/s1. The summed E-state index contributed by atoms with van der Waals surface area (Å²) in [6.45, 7) is 3.73. The number of cyclic esters (lactones) is 1. The Bertz CT molecular complexity index is 342. The molecule has 0 fully saturated rings. The fraction of sp³-hybridized carbons (Fsp3) is 0.636. The maximum absolute atomic E-state index is 11.7. The van der Waals surface area contributed by atoms with E-state index in [1.807, 2.05) is 6.92 Å². The van der Waals surface area contributed by atoms with Crippen molar-refractivity contribution in [2.24, 2.45) is 0 Å². The van der Waals surface area contributed by atoms with E-state index in [-0.39, 0.29) is 17.5 Å². The number of hydrogen-bond donors (Lipinski definition) is 0. The summed E-state index contributed by atoms with van der Waals surface area (Å²) in [5, 5.41) is 0. The molecule has 4 heteroatoms. The van der Waals surface area contributed by atoms with E-state index in [1.165, 1.54) is 0 Å². The Kier molecular flexibility index (Phi) is 2.50. The van der Waals surface area contributed by atoms with Crippen LogP contribution in [0.25, 0.3) is 0 Å². The number of carbonyl (C=O) groups excluding carboxylic acids is 2. The Hall–Kier alpha value is -1.32. The van der Waals surface area contributed by atoms with Gasteiger partial charge in [0.1, 0.15) is 5.57 Å². The zero-order chi connectivity index (χ0) is 11.0. The third kappa shape index (κ3) is 1.64. The molecule has 0 radical (unpaired) electrons. The third-order valence-electron chi connectivity index (χ3n) is 2.82. The molecule has 0 bridgehead atoms. The fourth-order valence-electron chi connectivity index (χ4n) is 1.93. The van der Waals surface area contributed by atoms with Crippen molar-refractivity contribution in [1.82, 2.24) is 0 Å². The molecule has 0 saturated carbocycles. The highest BCUT2D eigenvalue weighted by Gasteiger charge is 2.39. The summed E-state index contributed by atoms with van der Waals surface area (Å²) in [5.41, 5.74) is 0.137. The Labute approximate surface area is 88.2 Å². The molecule has 2 heterocycles. The van der Waals surface area contributed by atoms with Crippen molar-refractivity contribution in [2.45, 2.75) is 45.3 Å². The summed E-state index contributed by atoms with van der Waals surface area (Å²) in [5.74, 6) is -0.232. The van der Waals surface area contributed by atoms with Gasteiger partial charge in [0.25, 0.3) is 0 Å². The lowest BCUT2D eigenvalue weighted by Crippen LogP contribution is -2.16. The molecule has 0 aliphatic carbocycles. The zero-order valence-electron chi connectivity index (χ0n) is 8.91. The highest BCUT2D eigenvalue weighted by atomic mass is 16.6. The molecule has 2 aliphatic heterocycles. The van der Waals surface area contributed by atoms with Crippen molar-refractivity contribution >= 4 is 11.8 Å². The number of Topliss-reactive ketones (excluding diaryl/α,β-unsaturated/α-hetero) is 1. The summed E-state index contributed by atoms with van der Waals surface area (Å²) in [4.78, 5) is 23.1. The Morgan fingerprint density at radius 1 is 1.33 bits per heavy atom. The molecule has 2 atom stereocenters. The van der Waals surface area contributed by atoms with Crippen LogP contribution >= 0.6 is 0 Å². The molecular formula is C11H14O4. The number of carbonyl (C=O) groups is 2. The van der Waals surface area contributed by atoms with E-state index in [4.69, 9.17) is 9.47 Å². The molecule has 0 aromatic heterocycles. The zero-order valence-corrected chi connectivity index (χ0v) is 8.91. The first-order valence-electron chi connectivity index (χ1n) is 5.28. The van der Waals surface area contributed by atoms with E-state index in [0.29, 0.717) is 18.6 Å². The normalized spacial score (nSPS) is 30.8. The molecule has 0 aromatic carbocycles. The Morgan fingerprint density at radius 3 is 2.73 bits per heavy atom. The van der Waals surface area contributed by atoms with Crippen LogP contribution in [0.5, 0.6) is 0 Å². The molecule has 0 amide bonds. The molecule has 2 aliphatic rings. The van der Waals surface area contributed by atoms with Crippen LogP contribution in [0.2, 0.25) is 0 Å². The van der Waals surface area contributed by atoms with Crippen molar-refractivity contribution in [3.05, 3.63) is 11.3 Å². The molecule has 0 unspecified atom stereocenters. The van der Waals surface area contributed by atoms with Gasteiger partial charge in [0.2, 0.25) is 0 Å². The van der Waals surface area contributed by atoms with Crippen molar-refractivity contribution in [1.29, 1.82) is 0 Å². The number of esters is 1. The smallest absolute Gasteiger partial charge is 0.346 e. The van der Waals surface area contributed by atoms with Gasteiger partial charge in [-0.05, 0) is 19.8 Å². The lowest BCUT2D eigenvalue weighted by atomic mass is 10.1. The van der Waals surface area contributed by atoms with Crippen LogP contribution in [0.4, 0.5) is 0 Å². The minimum Gasteiger partial charge on any atom is -0.490 e. The molecular weight excluding hydrogens is 196 g/mol. The average molecular weight is 210 g/mol. The summed E-state index contributed by atoms with van der Waals surface area (Å²) in [6, 6.07) is 0. The molecule has 0 saturated heterocycles. The number of ether oxygens (including phenoxy) is 2. The van der Waals surface area contributed by atoms with Crippen molar-refractivity contribution < 1.29 is 19.1 Å². The maximum atomic E-state index is 11.7. The van der Waals surface area contributed by atoms with Crippen molar-refractivity contribution in [3.63, 3.8) is 0 Å². The topological polar surface area (TPSA) is 52.6 Å². The quantitative estimate of drug-likeness (QED) is 0.484. The lowest BCUT2D eigenvalue weighted by Gasteiger charge is -2.17. The van der Waals surface area contributed by atoms with Crippen molar-refractivity contribution in [2.75, 3.05) is 0 Å². The van der Waals surface area contributed by atoms with Gasteiger partial charge in [-0.3, -0.25) is 4.79 Å².